The lowest BCUT2D eigenvalue weighted by Gasteiger charge is -2.14. The molecule has 0 saturated carbocycles. The fourth-order valence-electron chi connectivity index (χ4n) is 1.96. The van der Waals surface area contributed by atoms with E-state index in [1.165, 1.54) is 5.56 Å². The van der Waals surface area contributed by atoms with Crippen molar-refractivity contribution in [3.8, 4) is 5.69 Å². The third kappa shape index (κ3) is 3.91. The summed E-state index contributed by atoms with van der Waals surface area (Å²) < 4.78 is 7.07. The molecule has 1 atom stereocenters. The van der Waals surface area contributed by atoms with E-state index < -0.39 is 0 Å². The highest BCUT2D eigenvalue weighted by Gasteiger charge is 2.06. The third-order valence-electron chi connectivity index (χ3n) is 3.11. The normalized spacial score (nSPS) is 12.5. The maximum absolute atomic E-state index is 5.17. The maximum atomic E-state index is 5.17. The Morgan fingerprint density at radius 3 is 2.79 bits per heavy atom. The number of aromatic nitrogens is 2. The summed E-state index contributed by atoms with van der Waals surface area (Å²) >= 11 is 0. The molecule has 2 rings (SSSR count). The molecule has 0 spiro atoms. The summed E-state index contributed by atoms with van der Waals surface area (Å²) in [6.45, 7) is 3.71. The average Bonchev–Trinajstić information content (AvgIpc) is 2.93. The van der Waals surface area contributed by atoms with Crippen LogP contribution >= 0.6 is 0 Å². The first kappa shape index (κ1) is 13.8. The lowest BCUT2D eigenvalue weighted by molar-refractivity contribution is 0.164. The molecule has 0 aliphatic carbocycles. The number of nitrogens with zero attached hydrogens (tertiary/aromatic N) is 2. The number of ether oxygens (including phenoxy) is 1. The van der Waals surface area contributed by atoms with Crippen LogP contribution < -0.4 is 5.32 Å². The van der Waals surface area contributed by atoms with Crippen molar-refractivity contribution in [3.63, 3.8) is 0 Å². The molecule has 19 heavy (non-hydrogen) atoms. The molecule has 1 aromatic heterocycles. The summed E-state index contributed by atoms with van der Waals surface area (Å²) in [5, 5.41) is 7.85. The molecule has 2 aromatic rings. The van der Waals surface area contributed by atoms with Crippen LogP contribution in [0.15, 0.2) is 42.7 Å². The highest BCUT2D eigenvalue weighted by atomic mass is 16.5. The topological polar surface area (TPSA) is 39.1 Å². The number of methoxy groups -OCH3 is 1. The van der Waals surface area contributed by atoms with Gasteiger partial charge in [0, 0.05) is 31.5 Å². The van der Waals surface area contributed by atoms with Gasteiger partial charge < -0.3 is 10.1 Å². The van der Waals surface area contributed by atoms with Crippen molar-refractivity contribution in [2.24, 2.45) is 0 Å². The SMILES string of the molecule is CCC(COC)NCc1cnn(-c2ccccc2)c1. The van der Waals surface area contributed by atoms with Crippen LogP contribution in [0.5, 0.6) is 0 Å². The molecule has 102 valence electrons. The maximum Gasteiger partial charge on any atom is 0.0645 e. The van der Waals surface area contributed by atoms with Gasteiger partial charge in [0.05, 0.1) is 18.5 Å². The van der Waals surface area contributed by atoms with Crippen LogP contribution in [0.3, 0.4) is 0 Å². The summed E-state index contributed by atoms with van der Waals surface area (Å²) in [6, 6.07) is 10.5. The third-order valence-corrected chi connectivity index (χ3v) is 3.11. The van der Waals surface area contributed by atoms with Crippen molar-refractivity contribution in [3.05, 3.63) is 48.3 Å². The zero-order chi connectivity index (χ0) is 13.5. The number of nitrogens with one attached hydrogen (secondary N) is 1. The Bertz CT molecular complexity index is 481. The van der Waals surface area contributed by atoms with E-state index in [0.29, 0.717) is 6.04 Å². The molecule has 1 aromatic carbocycles. The smallest absolute Gasteiger partial charge is 0.0645 e. The Balaban J connectivity index is 1.94. The number of hydrogen-bond donors (Lipinski definition) is 1. The van der Waals surface area contributed by atoms with Gasteiger partial charge in [-0.05, 0) is 18.6 Å². The van der Waals surface area contributed by atoms with Gasteiger partial charge in [-0.25, -0.2) is 4.68 Å². The second-order valence-electron chi connectivity index (χ2n) is 4.57. The van der Waals surface area contributed by atoms with Crippen molar-refractivity contribution < 1.29 is 4.74 Å². The standard InChI is InChI=1S/C15H21N3O/c1-3-14(12-19-2)16-9-13-10-17-18(11-13)15-7-5-4-6-8-15/h4-8,10-11,14,16H,3,9,12H2,1-2H3. The second kappa shape index (κ2) is 7.07. The molecular weight excluding hydrogens is 238 g/mol. The van der Waals surface area contributed by atoms with Gasteiger partial charge in [0.15, 0.2) is 0 Å². The lowest BCUT2D eigenvalue weighted by atomic mass is 10.2. The zero-order valence-corrected chi connectivity index (χ0v) is 11.5. The van der Waals surface area contributed by atoms with E-state index in [4.69, 9.17) is 4.74 Å². The summed E-state index contributed by atoms with van der Waals surface area (Å²) in [6.07, 6.45) is 5.02. The van der Waals surface area contributed by atoms with E-state index >= 15 is 0 Å². The Kier molecular flexibility index (Phi) is 5.12. The van der Waals surface area contributed by atoms with Gasteiger partial charge in [-0.1, -0.05) is 25.1 Å². The fourth-order valence-corrected chi connectivity index (χ4v) is 1.96. The highest BCUT2D eigenvalue weighted by Crippen LogP contribution is 2.07. The molecule has 1 N–H and O–H groups in total. The first-order valence-electron chi connectivity index (χ1n) is 6.64. The van der Waals surface area contributed by atoms with Gasteiger partial charge in [0.1, 0.15) is 0 Å². The summed E-state index contributed by atoms with van der Waals surface area (Å²) in [5.74, 6) is 0. The van der Waals surface area contributed by atoms with Gasteiger partial charge in [-0.3, -0.25) is 0 Å². The van der Waals surface area contributed by atoms with Gasteiger partial charge in [-0.2, -0.15) is 5.10 Å². The molecule has 0 radical (unpaired) electrons. The van der Waals surface area contributed by atoms with Crippen LogP contribution in [0, 0.1) is 0 Å². The van der Waals surface area contributed by atoms with Crippen LogP contribution in [0.1, 0.15) is 18.9 Å². The van der Waals surface area contributed by atoms with Crippen LogP contribution in [0.2, 0.25) is 0 Å². The number of hydrogen-bond acceptors (Lipinski definition) is 3. The van der Waals surface area contributed by atoms with E-state index in [-0.39, 0.29) is 0 Å². The molecule has 4 nitrogen and oxygen atoms in total. The Hall–Kier alpha value is -1.65. The van der Waals surface area contributed by atoms with Gasteiger partial charge in [-0.15, -0.1) is 0 Å². The van der Waals surface area contributed by atoms with Crippen LogP contribution in [0.25, 0.3) is 5.69 Å². The van der Waals surface area contributed by atoms with E-state index in [2.05, 4.69) is 23.5 Å². The van der Waals surface area contributed by atoms with Crippen molar-refractivity contribution >= 4 is 0 Å². The Morgan fingerprint density at radius 2 is 2.11 bits per heavy atom. The van der Waals surface area contributed by atoms with E-state index in [1.807, 2.05) is 41.2 Å². The van der Waals surface area contributed by atoms with Crippen LogP contribution in [-0.4, -0.2) is 29.5 Å². The lowest BCUT2D eigenvalue weighted by Crippen LogP contribution is -2.31. The Morgan fingerprint density at radius 1 is 1.32 bits per heavy atom. The molecular formula is C15H21N3O. The molecule has 0 amide bonds. The zero-order valence-electron chi connectivity index (χ0n) is 11.5. The molecule has 1 unspecified atom stereocenters. The van der Waals surface area contributed by atoms with Crippen molar-refractivity contribution in [1.82, 2.24) is 15.1 Å². The first-order valence-corrected chi connectivity index (χ1v) is 6.64. The van der Waals surface area contributed by atoms with Gasteiger partial charge in [0.25, 0.3) is 0 Å². The number of rotatable bonds is 7. The molecule has 0 saturated heterocycles. The van der Waals surface area contributed by atoms with Crippen molar-refractivity contribution in [2.75, 3.05) is 13.7 Å². The predicted octanol–water partition coefficient (Wildman–Crippen LogP) is 2.39. The summed E-state index contributed by atoms with van der Waals surface area (Å²) in [5.41, 5.74) is 2.26. The minimum Gasteiger partial charge on any atom is -0.383 e. The van der Waals surface area contributed by atoms with Crippen LogP contribution in [0.4, 0.5) is 0 Å². The minimum absolute atomic E-state index is 0.394. The van der Waals surface area contributed by atoms with Crippen molar-refractivity contribution in [2.45, 2.75) is 25.9 Å². The van der Waals surface area contributed by atoms with Crippen LogP contribution in [-0.2, 0) is 11.3 Å². The largest absolute Gasteiger partial charge is 0.383 e. The highest BCUT2D eigenvalue weighted by molar-refractivity contribution is 5.30. The summed E-state index contributed by atoms with van der Waals surface area (Å²) in [4.78, 5) is 0. The summed E-state index contributed by atoms with van der Waals surface area (Å²) in [7, 11) is 1.73. The van der Waals surface area contributed by atoms with Crippen molar-refractivity contribution in [1.29, 1.82) is 0 Å². The molecule has 0 aliphatic rings. The quantitative estimate of drug-likeness (QED) is 0.830. The van der Waals surface area contributed by atoms with Gasteiger partial charge >= 0.3 is 0 Å². The molecule has 0 aliphatic heterocycles. The fraction of sp³-hybridized carbons (Fsp3) is 0.400. The van der Waals surface area contributed by atoms with E-state index in [9.17, 15) is 0 Å². The number of para-hydroxylation sites is 1. The monoisotopic (exact) mass is 259 g/mol. The Labute approximate surface area is 114 Å². The molecule has 1 heterocycles. The van der Waals surface area contributed by atoms with Gasteiger partial charge in [0.2, 0.25) is 0 Å². The van der Waals surface area contributed by atoms with E-state index in [0.717, 1.165) is 25.3 Å². The number of benzene rings is 1. The second-order valence-corrected chi connectivity index (χ2v) is 4.57. The minimum atomic E-state index is 0.394. The first-order chi connectivity index (χ1) is 9.33. The molecule has 0 fully saturated rings. The average molecular weight is 259 g/mol. The van der Waals surface area contributed by atoms with E-state index in [1.54, 1.807) is 7.11 Å². The molecule has 4 heteroatoms. The molecule has 0 bridgehead atoms. The predicted molar refractivity (Wildman–Crippen MR) is 76.4 cm³/mol.